The highest BCUT2D eigenvalue weighted by molar-refractivity contribution is 7.20. The molecule has 0 fully saturated rings. The minimum Gasteiger partial charge on any atom is -0.309 e. The van der Waals surface area contributed by atoms with Gasteiger partial charge < -0.3 is 4.90 Å². The van der Waals surface area contributed by atoms with E-state index in [4.69, 9.17) is 0 Å². The van der Waals surface area contributed by atoms with Crippen LogP contribution in [0.4, 0.5) is 17.1 Å². The lowest BCUT2D eigenvalue weighted by atomic mass is 9.90. The molecule has 0 N–H and O–H groups in total. The summed E-state index contributed by atoms with van der Waals surface area (Å²) in [7, 11) is 0. The highest BCUT2D eigenvalue weighted by Gasteiger charge is 2.25. The van der Waals surface area contributed by atoms with E-state index in [1.54, 1.807) is 0 Å². The molecule has 0 radical (unpaired) electrons. The normalized spacial score (nSPS) is 13.3. The predicted molar refractivity (Wildman–Crippen MR) is 281 cm³/mol. The van der Waals surface area contributed by atoms with Crippen molar-refractivity contribution in [3.63, 3.8) is 0 Å². The molecule has 12 rings (SSSR count). The summed E-state index contributed by atoms with van der Waals surface area (Å²) in [5.74, 6) is 0.491. The summed E-state index contributed by atoms with van der Waals surface area (Å²) in [5.41, 5.74) is 16.8. The molecule has 1 unspecified atom stereocenters. The second-order valence-electron chi connectivity index (χ2n) is 17.3. The van der Waals surface area contributed by atoms with Gasteiger partial charge in [0, 0.05) is 32.0 Å². The number of fused-ring (bicyclic) bond motifs is 5. The lowest BCUT2D eigenvalue weighted by Gasteiger charge is -2.30. The zero-order chi connectivity index (χ0) is 43.3. The Hall–Kier alpha value is -7.78. The maximum Gasteiger partial charge on any atom is 0.0546 e. The van der Waals surface area contributed by atoms with Crippen LogP contribution in [-0.4, -0.2) is 0 Å². The lowest BCUT2D eigenvalue weighted by Crippen LogP contribution is -2.12. The highest BCUT2D eigenvalue weighted by atomic mass is 32.1. The molecule has 0 aliphatic heterocycles. The Kier molecular flexibility index (Phi) is 9.81. The Bertz CT molecular complexity index is 3570. The van der Waals surface area contributed by atoms with Gasteiger partial charge in [0.05, 0.1) is 11.4 Å². The predicted octanol–water partition coefficient (Wildman–Crippen LogP) is 18.5. The first-order chi connectivity index (χ1) is 32.1. The van der Waals surface area contributed by atoms with E-state index in [2.05, 4.69) is 248 Å². The van der Waals surface area contributed by atoms with Crippen LogP contribution in [0.15, 0.2) is 231 Å². The minimum atomic E-state index is 0.491. The summed E-state index contributed by atoms with van der Waals surface area (Å²) in [5, 5.41) is 6.38. The van der Waals surface area contributed by atoms with Crippen LogP contribution >= 0.6 is 11.3 Å². The molecule has 1 heterocycles. The zero-order valence-electron chi connectivity index (χ0n) is 36.2. The summed E-state index contributed by atoms with van der Waals surface area (Å²) < 4.78 is 1.35. The van der Waals surface area contributed by atoms with E-state index in [9.17, 15) is 0 Å². The van der Waals surface area contributed by atoms with Crippen LogP contribution in [-0.2, 0) is 0 Å². The van der Waals surface area contributed by atoms with E-state index in [1.165, 1.54) is 97.7 Å². The second-order valence-corrected chi connectivity index (χ2v) is 18.3. The fourth-order valence-corrected chi connectivity index (χ4v) is 11.4. The van der Waals surface area contributed by atoms with Crippen molar-refractivity contribution in [3.05, 3.63) is 241 Å². The summed E-state index contributed by atoms with van der Waals surface area (Å²) in [4.78, 5) is 3.89. The van der Waals surface area contributed by atoms with E-state index >= 15 is 0 Å². The van der Waals surface area contributed by atoms with Gasteiger partial charge in [-0.25, -0.2) is 0 Å². The zero-order valence-corrected chi connectivity index (χ0v) is 37.0. The van der Waals surface area contributed by atoms with E-state index in [1.807, 2.05) is 11.3 Å². The second kappa shape index (κ2) is 16.4. The van der Waals surface area contributed by atoms with Crippen molar-refractivity contribution in [1.29, 1.82) is 0 Å². The minimum absolute atomic E-state index is 0.491. The van der Waals surface area contributed by atoms with Crippen LogP contribution in [0.5, 0.6) is 0 Å². The fourth-order valence-electron chi connectivity index (χ4n) is 10.1. The molecule has 0 saturated heterocycles. The average molecular weight is 848 g/mol. The van der Waals surface area contributed by atoms with Crippen LogP contribution in [0.3, 0.4) is 0 Å². The van der Waals surface area contributed by atoms with Gasteiger partial charge >= 0.3 is 0 Å². The molecule has 0 bridgehead atoms. The average Bonchev–Trinajstić information content (AvgIpc) is 3.77. The van der Waals surface area contributed by atoms with Gasteiger partial charge in [-0.3, -0.25) is 0 Å². The summed E-state index contributed by atoms with van der Waals surface area (Å²) in [6, 6.07) is 82.7. The number of thiophene rings is 1. The first-order valence-corrected chi connectivity index (χ1v) is 23.4. The molecule has 0 amide bonds. The molecule has 10 aromatic carbocycles. The van der Waals surface area contributed by atoms with Crippen molar-refractivity contribution in [1.82, 2.24) is 0 Å². The van der Waals surface area contributed by atoms with Crippen LogP contribution in [0.1, 0.15) is 29.7 Å². The maximum absolute atomic E-state index is 2.50. The molecule has 1 aliphatic carbocycles. The van der Waals surface area contributed by atoms with Crippen molar-refractivity contribution in [2.45, 2.75) is 19.3 Å². The van der Waals surface area contributed by atoms with Gasteiger partial charge in [0.2, 0.25) is 0 Å². The van der Waals surface area contributed by atoms with Gasteiger partial charge in [-0.05, 0) is 120 Å². The maximum atomic E-state index is 2.50. The third-order valence-corrected chi connectivity index (χ3v) is 14.5. The van der Waals surface area contributed by atoms with E-state index in [-0.39, 0.29) is 0 Å². The molecule has 1 atom stereocenters. The van der Waals surface area contributed by atoms with Crippen LogP contribution < -0.4 is 4.90 Å². The molecule has 1 aliphatic rings. The lowest BCUT2D eigenvalue weighted by molar-refractivity contribution is 0.783. The number of para-hydroxylation sites is 1. The molecule has 2 heteroatoms. The SMILES string of the molecule is CC1CC=Cc2sc3c(-c4ccccc4N(c4ccc(-c5ccc(-c6cccc7ccccc67)cc5)cc4)c4cc(-c5ccc6ccccc6c5)ccc4-c4ccccc4)cccc3c21. The molecular formula is C63H45NS. The Morgan fingerprint density at radius 1 is 0.400 bits per heavy atom. The van der Waals surface area contributed by atoms with Crippen molar-refractivity contribution in [3.8, 4) is 55.6 Å². The Morgan fingerprint density at radius 2 is 0.985 bits per heavy atom. The molecule has 65 heavy (non-hydrogen) atoms. The largest absolute Gasteiger partial charge is 0.309 e. The molecule has 11 aromatic rings. The van der Waals surface area contributed by atoms with Gasteiger partial charge in [0.25, 0.3) is 0 Å². The molecule has 1 nitrogen and oxygen atoms in total. The van der Waals surface area contributed by atoms with E-state index in [0.717, 1.165) is 23.5 Å². The third-order valence-electron chi connectivity index (χ3n) is 13.3. The number of nitrogens with zero attached hydrogens (tertiary/aromatic N) is 1. The van der Waals surface area contributed by atoms with Gasteiger partial charge in [0.1, 0.15) is 0 Å². The van der Waals surface area contributed by atoms with Gasteiger partial charge in [0.15, 0.2) is 0 Å². The van der Waals surface area contributed by atoms with Crippen molar-refractivity contribution in [2.24, 2.45) is 0 Å². The van der Waals surface area contributed by atoms with Crippen molar-refractivity contribution < 1.29 is 0 Å². The molecule has 1 aromatic heterocycles. The fraction of sp³-hybridized carbons (Fsp3) is 0.0476. The monoisotopic (exact) mass is 847 g/mol. The van der Waals surface area contributed by atoms with Crippen LogP contribution in [0.2, 0.25) is 0 Å². The summed E-state index contributed by atoms with van der Waals surface area (Å²) >= 11 is 1.93. The van der Waals surface area contributed by atoms with Crippen molar-refractivity contribution >= 4 is 66.1 Å². The standard InChI is InChI=1S/C63H45NS/c1-42-14-11-27-61-62(42)58-25-13-24-57(63(58)65-61)56-22-9-10-26-59(56)64(52-37-34-45(35-38-52)44-28-31-48(32-29-44)54-23-12-20-46-18-7-8-21-53(46)54)60-41-51(36-39-55(60)47-16-3-2-4-17-47)50-33-30-43-15-5-6-19-49(43)40-50/h2-13,15-42H,14H2,1H3. The highest BCUT2D eigenvalue weighted by Crippen LogP contribution is 2.50. The quantitative estimate of drug-likeness (QED) is 0.147. The smallest absolute Gasteiger partial charge is 0.0546 e. The van der Waals surface area contributed by atoms with E-state index < -0.39 is 0 Å². The number of hydrogen-bond acceptors (Lipinski definition) is 2. The number of anilines is 3. The van der Waals surface area contributed by atoms with E-state index in [0.29, 0.717) is 5.92 Å². The number of rotatable bonds is 8. The van der Waals surface area contributed by atoms with Crippen LogP contribution in [0, 0.1) is 0 Å². The summed E-state index contributed by atoms with van der Waals surface area (Å²) in [6.45, 7) is 2.37. The number of benzene rings is 10. The topological polar surface area (TPSA) is 3.24 Å². The first-order valence-electron chi connectivity index (χ1n) is 22.6. The third kappa shape index (κ3) is 7.04. The molecular weight excluding hydrogens is 803 g/mol. The van der Waals surface area contributed by atoms with Crippen molar-refractivity contribution in [2.75, 3.05) is 4.90 Å². The molecule has 0 spiro atoms. The first kappa shape index (κ1) is 38.9. The molecule has 308 valence electrons. The number of hydrogen-bond donors (Lipinski definition) is 0. The number of allylic oxidation sites excluding steroid dienone is 1. The molecule has 0 saturated carbocycles. The van der Waals surface area contributed by atoms with Gasteiger partial charge in [-0.15, -0.1) is 11.3 Å². The van der Waals surface area contributed by atoms with Gasteiger partial charge in [-0.1, -0.05) is 207 Å². The Morgan fingerprint density at radius 3 is 1.83 bits per heavy atom. The van der Waals surface area contributed by atoms with Crippen LogP contribution in [0.25, 0.3) is 93.3 Å². The van der Waals surface area contributed by atoms with Gasteiger partial charge in [-0.2, -0.15) is 0 Å². The Balaban J connectivity index is 1.04. The Labute approximate surface area is 384 Å². The summed E-state index contributed by atoms with van der Waals surface area (Å²) in [6.07, 6.45) is 5.76.